The maximum atomic E-state index is 11.2. The van der Waals surface area contributed by atoms with E-state index in [4.69, 9.17) is 5.11 Å². The van der Waals surface area contributed by atoms with Gasteiger partial charge in [-0.15, -0.1) is 0 Å². The summed E-state index contributed by atoms with van der Waals surface area (Å²) >= 11 is 0. The van der Waals surface area contributed by atoms with Crippen molar-refractivity contribution in [2.45, 2.75) is 6.54 Å². The van der Waals surface area contributed by atoms with Crippen molar-refractivity contribution in [3.8, 4) is 0 Å². The Kier molecular flexibility index (Phi) is 2.61. The van der Waals surface area contributed by atoms with Crippen LogP contribution in [0.1, 0.15) is 16.1 Å². The van der Waals surface area contributed by atoms with Gasteiger partial charge in [0.05, 0.1) is 17.8 Å². The molecule has 0 amide bonds. The van der Waals surface area contributed by atoms with Crippen molar-refractivity contribution in [2.24, 2.45) is 0 Å². The quantitative estimate of drug-likeness (QED) is 0.631. The molecule has 0 bridgehead atoms. The van der Waals surface area contributed by atoms with E-state index < -0.39 is 17.3 Å². The lowest BCUT2D eigenvalue weighted by molar-refractivity contribution is 0.0696. The number of aromatic carboxylic acids is 1. The Labute approximate surface area is 93.5 Å². The minimum absolute atomic E-state index is 0.0509. The van der Waals surface area contributed by atoms with E-state index in [1.54, 1.807) is 0 Å². The van der Waals surface area contributed by atoms with Gasteiger partial charge in [-0.3, -0.25) is 4.98 Å². The molecule has 8 nitrogen and oxygen atoms in total. The third-order valence-electron chi connectivity index (χ3n) is 2.15. The number of nitrogens with zero attached hydrogens (tertiary/aromatic N) is 2. The molecule has 0 aliphatic rings. The standard InChI is InChI=1S/C9H8N4O4/c14-7(15)5-1-2-10-6(3-5)4-13-8(16)11-12-9(13)17/h1-3H,4H2,(H,11,16)(H,12,17)(H,14,15). The third kappa shape index (κ3) is 2.14. The number of aromatic amines is 2. The van der Waals surface area contributed by atoms with Gasteiger partial charge in [-0.25, -0.2) is 29.1 Å². The van der Waals surface area contributed by atoms with E-state index in [9.17, 15) is 14.4 Å². The van der Waals surface area contributed by atoms with E-state index >= 15 is 0 Å². The number of hydrogen-bond donors (Lipinski definition) is 3. The first-order chi connectivity index (χ1) is 8.08. The van der Waals surface area contributed by atoms with E-state index in [1.807, 2.05) is 0 Å². The highest BCUT2D eigenvalue weighted by Crippen LogP contribution is 2.02. The van der Waals surface area contributed by atoms with Crippen LogP contribution in [0.5, 0.6) is 0 Å². The van der Waals surface area contributed by atoms with Gasteiger partial charge in [-0.2, -0.15) is 0 Å². The van der Waals surface area contributed by atoms with Gasteiger partial charge in [0, 0.05) is 6.20 Å². The van der Waals surface area contributed by atoms with E-state index in [2.05, 4.69) is 15.2 Å². The van der Waals surface area contributed by atoms with Crippen molar-refractivity contribution in [3.05, 3.63) is 50.6 Å². The third-order valence-corrected chi connectivity index (χ3v) is 2.15. The summed E-state index contributed by atoms with van der Waals surface area (Å²) in [5, 5.41) is 13.0. The summed E-state index contributed by atoms with van der Waals surface area (Å²) in [4.78, 5) is 37.0. The molecule has 0 atom stereocenters. The van der Waals surface area contributed by atoms with Crippen LogP contribution < -0.4 is 11.4 Å². The van der Waals surface area contributed by atoms with Crippen LogP contribution in [-0.2, 0) is 6.54 Å². The minimum Gasteiger partial charge on any atom is -0.478 e. The summed E-state index contributed by atoms with van der Waals surface area (Å²) in [5.74, 6) is -1.09. The van der Waals surface area contributed by atoms with Crippen molar-refractivity contribution in [3.63, 3.8) is 0 Å². The highest BCUT2D eigenvalue weighted by molar-refractivity contribution is 5.87. The van der Waals surface area contributed by atoms with Crippen LogP contribution >= 0.6 is 0 Å². The maximum absolute atomic E-state index is 11.2. The molecule has 0 unspecified atom stereocenters. The van der Waals surface area contributed by atoms with E-state index in [0.717, 1.165) is 4.57 Å². The van der Waals surface area contributed by atoms with Crippen LogP contribution in [-0.4, -0.2) is 30.8 Å². The first-order valence-electron chi connectivity index (χ1n) is 4.63. The van der Waals surface area contributed by atoms with Gasteiger partial charge >= 0.3 is 17.3 Å². The van der Waals surface area contributed by atoms with Gasteiger partial charge in [0.15, 0.2) is 0 Å². The Morgan fingerprint density at radius 2 is 2.00 bits per heavy atom. The molecule has 2 heterocycles. The van der Waals surface area contributed by atoms with Crippen LogP contribution in [0.15, 0.2) is 27.9 Å². The van der Waals surface area contributed by atoms with Crippen molar-refractivity contribution in [2.75, 3.05) is 0 Å². The first-order valence-corrected chi connectivity index (χ1v) is 4.63. The molecule has 2 rings (SSSR count). The first kappa shape index (κ1) is 10.9. The van der Waals surface area contributed by atoms with Gasteiger partial charge in [-0.05, 0) is 12.1 Å². The Balaban J connectivity index is 2.37. The number of carboxylic acids is 1. The zero-order valence-electron chi connectivity index (χ0n) is 8.51. The molecule has 0 fully saturated rings. The zero-order valence-corrected chi connectivity index (χ0v) is 8.51. The minimum atomic E-state index is -1.09. The fourth-order valence-corrected chi connectivity index (χ4v) is 1.34. The molecule has 17 heavy (non-hydrogen) atoms. The highest BCUT2D eigenvalue weighted by atomic mass is 16.4. The summed E-state index contributed by atoms with van der Waals surface area (Å²) in [6, 6.07) is 2.64. The second-order valence-electron chi connectivity index (χ2n) is 3.29. The molecule has 0 saturated heterocycles. The number of H-pyrrole nitrogens is 2. The number of aromatic nitrogens is 4. The highest BCUT2D eigenvalue weighted by Gasteiger charge is 2.08. The monoisotopic (exact) mass is 236 g/mol. The zero-order chi connectivity index (χ0) is 12.4. The Hall–Kier alpha value is -2.64. The number of carboxylic acid groups (broad SMARTS) is 1. The van der Waals surface area contributed by atoms with E-state index in [0.29, 0.717) is 5.69 Å². The van der Waals surface area contributed by atoms with Gasteiger partial charge in [0.2, 0.25) is 0 Å². The largest absolute Gasteiger partial charge is 0.478 e. The fourth-order valence-electron chi connectivity index (χ4n) is 1.34. The molecule has 2 aromatic rings. The maximum Gasteiger partial charge on any atom is 0.344 e. The molecular formula is C9H8N4O4. The topological polar surface area (TPSA) is 121 Å². The molecular weight excluding hydrogens is 228 g/mol. The molecule has 0 aromatic carbocycles. The summed E-state index contributed by atoms with van der Waals surface area (Å²) in [6.07, 6.45) is 1.31. The number of hydrogen-bond acceptors (Lipinski definition) is 4. The summed E-state index contributed by atoms with van der Waals surface area (Å²) in [7, 11) is 0. The molecule has 0 radical (unpaired) electrons. The predicted octanol–water partition coefficient (Wildman–Crippen LogP) is -0.994. The van der Waals surface area contributed by atoms with Crippen molar-refractivity contribution < 1.29 is 9.90 Å². The molecule has 0 aliphatic carbocycles. The summed E-state index contributed by atoms with van der Waals surface area (Å²) in [6.45, 7) is -0.0845. The molecule has 2 aromatic heterocycles. The average Bonchev–Trinajstić information content (AvgIpc) is 2.61. The van der Waals surface area contributed by atoms with E-state index in [-0.39, 0.29) is 12.1 Å². The SMILES string of the molecule is O=C(O)c1ccnc(Cn2c(=O)[nH][nH]c2=O)c1. The second kappa shape index (κ2) is 4.08. The average molecular weight is 236 g/mol. The van der Waals surface area contributed by atoms with Crippen molar-refractivity contribution >= 4 is 5.97 Å². The fraction of sp³-hybridized carbons (Fsp3) is 0.111. The lowest BCUT2D eigenvalue weighted by atomic mass is 10.2. The smallest absolute Gasteiger partial charge is 0.344 e. The lowest BCUT2D eigenvalue weighted by Crippen LogP contribution is -2.27. The molecule has 3 N–H and O–H groups in total. The molecule has 0 aliphatic heterocycles. The van der Waals surface area contributed by atoms with Crippen LogP contribution in [0, 0.1) is 0 Å². The Bertz CT molecular complexity index is 638. The van der Waals surface area contributed by atoms with Crippen molar-refractivity contribution in [1.82, 2.24) is 19.7 Å². The number of pyridine rings is 1. The number of carbonyl (C=O) groups is 1. The normalized spacial score (nSPS) is 10.4. The summed E-state index contributed by atoms with van der Waals surface area (Å²) < 4.78 is 0.883. The van der Waals surface area contributed by atoms with Gasteiger partial charge in [0.25, 0.3) is 0 Å². The Morgan fingerprint density at radius 3 is 2.59 bits per heavy atom. The van der Waals surface area contributed by atoms with Gasteiger partial charge in [0.1, 0.15) is 0 Å². The predicted molar refractivity (Wildman–Crippen MR) is 56.0 cm³/mol. The van der Waals surface area contributed by atoms with Crippen molar-refractivity contribution in [1.29, 1.82) is 0 Å². The molecule has 88 valence electrons. The number of rotatable bonds is 3. The lowest BCUT2D eigenvalue weighted by Gasteiger charge is -2.00. The van der Waals surface area contributed by atoms with Gasteiger partial charge in [-0.1, -0.05) is 0 Å². The molecule has 8 heteroatoms. The second-order valence-corrected chi connectivity index (χ2v) is 3.29. The Morgan fingerprint density at radius 1 is 1.35 bits per heavy atom. The molecule has 0 saturated carbocycles. The van der Waals surface area contributed by atoms with Crippen LogP contribution in [0.25, 0.3) is 0 Å². The molecule has 0 spiro atoms. The van der Waals surface area contributed by atoms with Crippen LogP contribution in [0.4, 0.5) is 0 Å². The van der Waals surface area contributed by atoms with Crippen LogP contribution in [0.3, 0.4) is 0 Å². The van der Waals surface area contributed by atoms with Crippen LogP contribution in [0.2, 0.25) is 0 Å². The van der Waals surface area contributed by atoms with E-state index in [1.165, 1.54) is 18.3 Å². The summed E-state index contributed by atoms with van der Waals surface area (Å²) in [5.41, 5.74) is -0.831. The van der Waals surface area contributed by atoms with Gasteiger partial charge < -0.3 is 5.11 Å². The number of nitrogens with one attached hydrogen (secondary N) is 2.